The SMILES string of the molecule is COc1ccc(C(=O)NC(=O)NC(C)C)c(C(F)(F)F)c1. The number of methoxy groups -OCH3 is 1. The summed E-state index contributed by atoms with van der Waals surface area (Å²) in [6.07, 6.45) is -4.74. The van der Waals surface area contributed by atoms with Gasteiger partial charge in [-0.2, -0.15) is 13.2 Å². The molecule has 0 aliphatic carbocycles. The van der Waals surface area contributed by atoms with Crippen LogP contribution < -0.4 is 15.4 Å². The van der Waals surface area contributed by atoms with Gasteiger partial charge >= 0.3 is 12.2 Å². The van der Waals surface area contributed by atoms with E-state index in [-0.39, 0.29) is 11.8 Å². The van der Waals surface area contributed by atoms with E-state index in [4.69, 9.17) is 4.74 Å². The van der Waals surface area contributed by atoms with Gasteiger partial charge in [-0.25, -0.2) is 4.79 Å². The molecule has 0 aromatic heterocycles. The maximum absolute atomic E-state index is 12.9. The van der Waals surface area contributed by atoms with E-state index in [2.05, 4.69) is 5.32 Å². The number of ether oxygens (including phenoxy) is 1. The van der Waals surface area contributed by atoms with Crippen molar-refractivity contribution in [2.45, 2.75) is 26.1 Å². The van der Waals surface area contributed by atoms with Crippen molar-refractivity contribution < 1.29 is 27.5 Å². The van der Waals surface area contributed by atoms with Crippen LogP contribution in [0, 0.1) is 0 Å². The van der Waals surface area contributed by atoms with Gasteiger partial charge in [0, 0.05) is 6.04 Å². The predicted molar refractivity (Wildman–Crippen MR) is 69.1 cm³/mol. The van der Waals surface area contributed by atoms with Gasteiger partial charge in [-0.05, 0) is 32.0 Å². The Kier molecular flexibility index (Phi) is 5.17. The summed E-state index contributed by atoms with van der Waals surface area (Å²) in [5.41, 5.74) is -1.82. The summed E-state index contributed by atoms with van der Waals surface area (Å²) in [6, 6.07) is 1.76. The first-order valence-corrected chi connectivity index (χ1v) is 6.02. The largest absolute Gasteiger partial charge is 0.497 e. The molecule has 0 bridgehead atoms. The van der Waals surface area contributed by atoms with Crippen LogP contribution in [0.25, 0.3) is 0 Å². The van der Waals surface area contributed by atoms with Crippen LogP contribution in [0.2, 0.25) is 0 Å². The molecule has 0 spiro atoms. The number of carbonyl (C=O) groups is 2. The van der Waals surface area contributed by atoms with Gasteiger partial charge in [0.2, 0.25) is 0 Å². The van der Waals surface area contributed by atoms with E-state index in [0.29, 0.717) is 6.07 Å². The molecule has 2 N–H and O–H groups in total. The van der Waals surface area contributed by atoms with Crippen molar-refractivity contribution in [3.8, 4) is 5.75 Å². The van der Waals surface area contributed by atoms with Gasteiger partial charge in [0.1, 0.15) is 5.75 Å². The van der Waals surface area contributed by atoms with Crippen LogP contribution >= 0.6 is 0 Å². The number of urea groups is 1. The molecule has 0 saturated carbocycles. The Balaban J connectivity index is 3.06. The molecule has 0 radical (unpaired) electrons. The van der Waals surface area contributed by atoms with E-state index in [1.54, 1.807) is 13.8 Å². The first kappa shape index (κ1) is 16.8. The summed E-state index contributed by atoms with van der Waals surface area (Å²) >= 11 is 0. The fraction of sp³-hybridized carbons (Fsp3) is 0.385. The molecule has 5 nitrogen and oxygen atoms in total. The number of nitrogens with one attached hydrogen (secondary N) is 2. The first-order chi connectivity index (χ1) is 9.65. The molecule has 0 aliphatic heterocycles. The molecule has 8 heteroatoms. The van der Waals surface area contributed by atoms with E-state index < -0.39 is 29.2 Å². The normalized spacial score (nSPS) is 11.2. The molecule has 3 amide bonds. The van der Waals surface area contributed by atoms with Gasteiger partial charge in [0.05, 0.1) is 18.2 Å². The van der Waals surface area contributed by atoms with Gasteiger partial charge in [0.15, 0.2) is 0 Å². The van der Waals surface area contributed by atoms with Crippen molar-refractivity contribution in [2.75, 3.05) is 7.11 Å². The second-order valence-corrected chi connectivity index (χ2v) is 4.49. The third-order valence-electron chi connectivity index (χ3n) is 2.42. The van der Waals surface area contributed by atoms with E-state index in [1.165, 1.54) is 13.2 Å². The van der Waals surface area contributed by atoms with Crippen molar-refractivity contribution >= 4 is 11.9 Å². The molecule has 21 heavy (non-hydrogen) atoms. The monoisotopic (exact) mass is 304 g/mol. The van der Waals surface area contributed by atoms with E-state index in [9.17, 15) is 22.8 Å². The van der Waals surface area contributed by atoms with Crippen LogP contribution in [-0.2, 0) is 6.18 Å². The first-order valence-electron chi connectivity index (χ1n) is 6.02. The maximum Gasteiger partial charge on any atom is 0.417 e. The topological polar surface area (TPSA) is 67.4 Å². The second kappa shape index (κ2) is 6.47. The quantitative estimate of drug-likeness (QED) is 0.902. The fourth-order valence-corrected chi connectivity index (χ4v) is 1.55. The van der Waals surface area contributed by atoms with E-state index >= 15 is 0 Å². The molecule has 116 valence electrons. The molecule has 0 atom stereocenters. The summed E-state index contributed by atoms with van der Waals surface area (Å²) in [5, 5.41) is 4.20. The molecule has 1 rings (SSSR count). The molecular weight excluding hydrogens is 289 g/mol. The van der Waals surface area contributed by atoms with Crippen molar-refractivity contribution in [1.29, 1.82) is 0 Å². The van der Waals surface area contributed by atoms with Crippen LogP contribution in [0.15, 0.2) is 18.2 Å². The van der Waals surface area contributed by atoms with Crippen LogP contribution in [0.5, 0.6) is 5.75 Å². The lowest BCUT2D eigenvalue weighted by atomic mass is 10.1. The van der Waals surface area contributed by atoms with Gasteiger partial charge in [-0.1, -0.05) is 0 Å². The molecular formula is C13H15F3N2O3. The Morgan fingerprint density at radius 3 is 2.33 bits per heavy atom. The number of imide groups is 1. The Morgan fingerprint density at radius 2 is 1.86 bits per heavy atom. The van der Waals surface area contributed by atoms with Gasteiger partial charge < -0.3 is 10.1 Å². The molecule has 1 aromatic rings. The average Bonchev–Trinajstić information content (AvgIpc) is 2.35. The lowest BCUT2D eigenvalue weighted by Gasteiger charge is -2.14. The number of rotatable bonds is 3. The summed E-state index contributed by atoms with van der Waals surface area (Å²) in [7, 11) is 1.21. The number of alkyl halides is 3. The highest BCUT2D eigenvalue weighted by atomic mass is 19.4. The van der Waals surface area contributed by atoms with E-state index in [1.807, 2.05) is 5.32 Å². The third-order valence-corrected chi connectivity index (χ3v) is 2.42. The zero-order chi connectivity index (χ0) is 16.2. The van der Waals surface area contributed by atoms with Gasteiger partial charge in [-0.15, -0.1) is 0 Å². The Labute approximate surface area is 119 Å². The number of halogens is 3. The minimum Gasteiger partial charge on any atom is -0.497 e. The number of hydrogen-bond acceptors (Lipinski definition) is 3. The summed E-state index contributed by atoms with van der Waals surface area (Å²) in [6.45, 7) is 3.30. The number of hydrogen-bond donors (Lipinski definition) is 2. The number of benzene rings is 1. The Bertz CT molecular complexity index is 542. The minimum atomic E-state index is -4.74. The van der Waals surface area contributed by atoms with Crippen molar-refractivity contribution in [1.82, 2.24) is 10.6 Å². The maximum atomic E-state index is 12.9. The summed E-state index contributed by atoms with van der Waals surface area (Å²) < 4.78 is 43.5. The number of carbonyl (C=O) groups excluding carboxylic acids is 2. The lowest BCUT2D eigenvalue weighted by Crippen LogP contribution is -2.42. The number of amides is 3. The zero-order valence-corrected chi connectivity index (χ0v) is 11.7. The van der Waals surface area contributed by atoms with Gasteiger partial charge in [0.25, 0.3) is 5.91 Å². The predicted octanol–water partition coefficient (Wildman–Crippen LogP) is 2.56. The smallest absolute Gasteiger partial charge is 0.417 e. The van der Waals surface area contributed by atoms with Crippen molar-refractivity contribution in [2.24, 2.45) is 0 Å². The third kappa shape index (κ3) is 4.66. The zero-order valence-electron chi connectivity index (χ0n) is 11.7. The lowest BCUT2D eigenvalue weighted by molar-refractivity contribution is -0.138. The van der Waals surface area contributed by atoms with Gasteiger partial charge in [-0.3, -0.25) is 10.1 Å². The van der Waals surface area contributed by atoms with Crippen molar-refractivity contribution in [3.63, 3.8) is 0 Å². The standard InChI is InChI=1S/C13H15F3N2O3/c1-7(2)17-12(20)18-11(19)9-5-4-8(21-3)6-10(9)13(14,15)16/h4-7H,1-3H3,(H2,17,18,19,20). The van der Waals surface area contributed by atoms with Crippen molar-refractivity contribution in [3.05, 3.63) is 29.3 Å². The van der Waals surface area contributed by atoms with Crippen LogP contribution in [0.4, 0.5) is 18.0 Å². The average molecular weight is 304 g/mol. The fourth-order valence-electron chi connectivity index (χ4n) is 1.55. The van der Waals surface area contributed by atoms with Crippen LogP contribution in [-0.4, -0.2) is 25.1 Å². The second-order valence-electron chi connectivity index (χ2n) is 4.49. The molecule has 0 aliphatic rings. The highest BCUT2D eigenvalue weighted by molar-refractivity contribution is 6.05. The molecule has 0 unspecified atom stereocenters. The highest BCUT2D eigenvalue weighted by Crippen LogP contribution is 2.34. The Hall–Kier alpha value is -2.25. The molecule has 1 aromatic carbocycles. The Morgan fingerprint density at radius 1 is 1.24 bits per heavy atom. The molecule has 0 saturated heterocycles. The van der Waals surface area contributed by atoms with E-state index in [0.717, 1.165) is 6.07 Å². The minimum absolute atomic E-state index is 0.0366. The van der Waals surface area contributed by atoms with Crippen LogP contribution in [0.1, 0.15) is 29.8 Å². The molecule has 0 heterocycles. The summed E-state index contributed by atoms with van der Waals surface area (Å²) in [4.78, 5) is 23.2. The highest BCUT2D eigenvalue weighted by Gasteiger charge is 2.36. The molecule has 0 fully saturated rings. The van der Waals surface area contributed by atoms with Crippen LogP contribution in [0.3, 0.4) is 0 Å². The summed E-state index contributed by atoms with van der Waals surface area (Å²) in [5.74, 6) is -1.17.